The van der Waals surface area contributed by atoms with Crippen LogP contribution in [0.2, 0.25) is 0 Å². The maximum atomic E-state index is 9.19. The van der Waals surface area contributed by atoms with Crippen LogP contribution in [0, 0.1) is 11.3 Å². The lowest BCUT2D eigenvalue weighted by Gasteiger charge is -2.36. The molecule has 38 heavy (non-hydrogen) atoms. The molecule has 4 aromatic rings. The number of nitriles is 1. The van der Waals surface area contributed by atoms with Crippen molar-refractivity contribution in [1.29, 1.82) is 5.26 Å². The molecule has 6 nitrogen and oxygen atoms in total. The molecule has 0 radical (unpaired) electrons. The van der Waals surface area contributed by atoms with Crippen molar-refractivity contribution in [2.45, 2.75) is 26.1 Å². The molecule has 0 N–H and O–H groups in total. The van der Waals surface area contributed by atoms with E-state index >= 15 is 0 Å². The monoisotopic (exact) mass is 506 g/mol. The first-order valence-corrected chi connectivity index (χ1v) is 13.1. The summed E-state index contributed by atoms with van der Waals surface area (Å²) in [5.74, 6) is 0.841. The number of morpholine rings is 1. The Labute approximate surface area is 225 Å². The number of pyridine rings is 1. The van der Waals surface area contributed by atoms with Gasteiger partial charge in [0.15, 0.2) is 0 Å². The van der Waals surface area contributed by atoms with Gasteiger partial charge in [-0.05, 0) is 69.4 Å². The largest absolute Gasteiger partial charge is 0.491 e. The van der Waals surface area contributed by atoms with Gasteiger partial charge >= 0.3 is 0 Å². The maximum Gasteiger partial charge on any atom is 0.138 e. The molecule has 6 heteroatoms. The Balaban J connectivity index is 1.54. The van der Waals surface area contributed by atoms with Gasteiger partial charge < -0.3 is 19.3 Å². The second-order valence-electron chi connectivity index (χ2n) is 10.3. The summed E-state index contributed by atoms with van der Waals surface area (Å²) in [6.07, 6.45) is 2.35. The number of likely N-dealkylation sites (N-methyl/N-ethyl adjacent to an activating group) is 1. The number of ether oxygens (including phenoxy) is 2. The highest BCUT2D eigenvalue weighted by Gasteiger charge is 2.23. The van der Waals surface area contributed by atoms with E-state index in [4.69, 9.17) is 14.5 Å². The molecule has 0 spiro atoms. The minimum Gasteiger partial charge on any atom is -0.491 e. The van der Waals surface area contributed by atoms with Crippen LogP contribution in [0.15, 0.2) is 72.9 Å². The lowest BCUT2D eigenvalue weighted by molar-refractivity contribution is -0.00521. The van der Waals surface area contributed by atoms with E-state index in [1.165, 1.54) is 5.69 Å². The quantitative estimate of drug-likeness (QED) is 0.307. The van der Waals surface area contributed by atoms with Gasteiger partial charge in [0.1, 0.15) is 12.4 Å². The average Bonchev–Trinajstić information content (AvgIpc) is 2.92. The summed E-state index contributed by atoms with van der Waals surface area (Å²) in [6.45, 7) is 7.41. The fraction of sp³-hybridized carbons (Fsp3) is 0.312. The fourth-order valence-electron chi connectivity index (χ4n) is 5.09. The number of para-hydroxylation sites is 1. The summed E-state index contributed by atoms with van der Waals surface area (Å²) in [5, 5.41) is 10.2. The zero-order valence-corrected chi connectivity index (χ0v) is 22.5. The average molecular weight is 507 g/mol. The Morgan fingerprint density at radius 3 is 2.26 bits per heavy atom. The van der Waals surface area contributed by atoms with E-state index in [2.05, 4.69) is 66.1 Å². The maximum absolute atomic E-state index is 9.19. The van der Waals surface area contributed by atoms with E-state index in [9.17, 15) is 5.26 Å². The molecular formula is C32H34N4O2. The molecule has 0 bridgehead atoms. The van der Waals surface area contributed by atoms with Crippen molar-refractivity contribution in [3.8, 4) is 34.1 Å². The third kappa shape index (κ3) is 5.50. The highest BCUT2D eigenvalue weighted by atomic mass is 16.5. The van der Waals surface area contributed by atoms with Crippen LogP contribution in [0.1, 0.15) is 19.4 Å². The highest BCUT2D eigenvalue weighted by molar-refractivity contribution is 6.00. The van der Waals surface area contributed by atoms with Crippen LogP contribution in [0.25, 0.3) is 33.2 Å². The van der Waals surface area contributed by atoms with Gasteiger partial charge in [0, 0.05) is 48.0 Å². The molecule has 194 valence electrons. The third-order valence-corrected chi connectivity index (χ3v) is 6.92. The molecule has 0 aliphatic carbocycles. The number of anilines is 1. The van der Waals surface area contributed by atoms with Gasteiger partial charge in [-0.1, -0.05) is 36.4 Å². The second-order valence-corrected chi connectivity index (χ2v) is 10.3. The van der Waals surface area contributed by atoms with Crippen LogP contribution in [0.3, 0.4) is 0 Å². The van der Waals surface area contributed by atoms with Gasteiger partial charge in [0.05, 0.1) is 29.4 Å². The molecule has 1 saturated heterocycles. The lowest BCUT2D eigenvalue weighted by Crippen LogP contribution is -2.45. The SMILES string of the molecule is C[C@@H]1CN(c2ccc(-c3cnc4c(-c5ccc(C#N)cc5)cccc4c3OCCN(C)C)cc2)C[C@H](C)O1. The second kappa shape index (κ2) is 11.2. The highest BCUT2D eigenvalue weighted by Crippen LogP contribution is 2.39. The van der Waals surface area contributed by atoms with E-state index in [1.807, 2.05) is 50.6 Å². The number of fused-ring (bicyclic) bond motifs is 1. The Morgan fingerprint density at radius 1 is 0.947 bits per heavy atom. The lowest BCUT2D eigenvalue weighted by atomic mass is 9.98. The molecule has 5 rings (SSSR count). The van der Waals surface area contributed by atoms with E-state index < -0.39 is 0 Å². The van der Waals surface area contributed by atoms with Crippen molar-refractivity contribution in [2.24, 2.45) is 0 Å². The van der Waals surface area contributed by atoms with Crippen LogP contribution in [0.5, 0.6) is 5.75 Å². The summed E-state index contributed by atoms with van der Waals surface area (Å²) < 4.78 is 12.4. The van der Waals surface area contributed by atoms with Gasteiger partial charge in [0.2, 0.25) is 0 Å². The molecule has 1 aliphatic rings. The third-order valence-electron chi connectivity index (χ3n) is 6.92. The van der Waals surface area contributed by atoms with Crippen LogP contribution in [-0.4, -0.2) is 62.4 Å². The summed E-state index contributed by atoms with van der Waals surface area (Å²) in [5.41, 5.74) is 6.80. The number of hydrogen-bond donors (Lipinski definition) is 0. The topological polar surface area (TPSA) is 61.6 Å². The number of nitrogens with zero attached hydrogens (tertiary/aromatic N) is 4. The molecule has 0 amide bonds. The van der Waals surface area contributed by atoms with Gasteiger partial charge in [0.25, 0.3) is 0 Å². The summed E-state index contributed by atoms with van der Waals surface area (Å²) in [7, 11) is 4.09. The molecule has 0 saturated carbocycles. The zero-order chi connectivity index (χ0) is 26.6. The van der Waals surface area contributed by atoms with E-state index in [0.717, 1.165) is 58.5 Å². The Morgan fingerprint density at radius 2 is 1.61 bits per heavy atom. The van der Waals surface area contributed by atoms with Crippen molar-refractivity contribution in [2.75, 3.05) is 45.2 Å². The van der Waals surface area contributed by atoms with Crippen molar-refractivity contribution < 1.29 is 9.47 Å². The van der Waals surface area contributed by atoms with Crippen LogP contribution < -0.4 is 9.64 Å². The Bertz CT molecular complexity index is 1430. The van der Waals surface area contributed by atoms with Crippen molar-refractivity contribution in [3.63, 3.8) is 0 Å². The summed E-state index contributed by atoms with van der Waals surface area (Å²) in [6, 6.07) is 24.7. The van der Waals surface area contributed by atoms with Crippen molar-refractivity contribution in [3.05, 3.63) is 78.5 Å². The molecule has 0 unspecified atom stereocenters. The molecule has 1 fully saturated rings. The van der Waals surface area contributed by atoms with Gasteiger partial charge in [-0.2, -0.15) is 5.26 Å². The van der Waals surface area contributed by atoms with Crippen molar-refractivity contribution in [1.82, 2.24) is 9.88 Å². The van der Waals surface area contributed by atoms with Crippen LogP contribution in [-0.2, 0) is 4.74 Å². The van der Waals surface area contributed by atoms with Crippen molar-refractivity contribution >= 4 is 16.6 Å². The standard InChI is InChI=1S/C32H34N4O2/c1-22-20-36(21-23(2)38-22)27-14-12-26(13-15-27)30-19-34-31-28(25-10-8-24(18-33)9-11-25)6-5-7-29(31)32(30)37-17-16-35(3)4/h5-15,19,22-23H,16-17,20-21H2,1-4H3/t22-,23+. The molecule has 1 aliphatic heterocycles. The van der Waals surface area contributed by atoms with Crippen LogP contribution >= 0.6 is 0 Å². The van der Waals surface area contributed by atoms with Gasteiger partial charge in [-0.3, -0.25) is 4.98 Å². The predicted molar refractivity (Wildman–Crippen MR) is 154 cm³/mol. The Hall–Kier alpha value is -3.92. The summed E-state index contributed by atoms with van der Waals surface area (Å²) >= 11 is 0. The first kappa shape index (κ1) is 25.7. The van der Waals surface area contributed by atoms with E-state index in [1.54, 1.807) is 0 Å². The molecule has 1 aromatic heterocycles. The molecular weight excluding hydrogens is 472 g/mol. The van der Waals surface area contributed by atoms with Gasteiger partial charge in [-0.15, -0.1) is 0 Å². The zero-order valence-electron chi connectivity index (χ0n) is 22.5. The van der Waals surface area contributed by atoms with E-state index in [-0.39, 0.29) is 12.2 Å². The van der Waals surface area contributed by atoms with Gasteiger partial charge in [-0.25, -0.2) is 0 Å². The fourth-order valence-corrected chi connectivity index (χ4v) is 5.09. The first-order valence-electron chi connectivity index (χ1n) is 13.1. The minimum atomic E-state index is 0.213. The smallest absolute Gasteiger partial charge is 0.138 e. The number of hydrogen-bond acceptors (Lipinski definition) is 6. The number of rotatable bonds is 7. The first-order chi connectivity index (χ1) is 18.4. The van der Waals surface area contributed by atoms with E-state index in [0.29, 0.717) is 12.2 Å². The molecule has 2 heterocycles. The normalized spacial score (nSPS) is 17.5. The molecule has 3 aromatic carbocycles. The summed E-state index contributed by atoms with van der Waals surface area (Å²) in [4.78, 5) is 9.43. The number of aromatic nitrogens is 1. The predicted octanol–water partition coefficient (Wildman–Crippen LogP) is 5.99. The van der Waals surface area contributed by atoms with Crippen LogP contribution in [0.4, 0.5) is 5.69 Å². The molecule has 2 atom stereocenters. The Kier molecular flexibility index (Phi) is 7.59. The minimum absolute atomic E-state index is 0.213. The number of benzene rings is 3.